The molecule has 0 fully saturated rings. The molecule has 0 unspecified atom stereocenters. The highest BCUT2D eigenvalue weighted by Crippen LogP contribution is 2.43. The first-order chi connectivity index (χ1) is 22.2. The molecule has 0 saturated heterocycles. The lowest BCUT2D eigenvalue weighted by molar-refractivity contribution is 0.0684. The van der Waals surface area contributed by atoms with Crippen molar-refractivity contribution in [3.05, 3.63) is 93.7 Å². The molecule has 236 valence electrons. The summed E-state index contributed by atoms with van der Waals surface area (Å²) in [5.74, 6) is 2.04. The Morgan fingerprint density at radius 1 is 0.978 bits per heavy atom. The molecular weight excluding hydrogens is 638 g/mol. The highest BCUT2D eigenvalue weighted by Gasteiger charge is 2.27. The molecule has 11 heteroatoms. The van der Waals surface area contributed by atoms with E-state index in [-0.39, 0.29) is 5.69 Å². The van der Waals surface area contributed by atoms with E-state index in [2.05, 4.69) is 30.3 Å². The van der Waals surface area contributed by atoms with Crippen LogP contribution in [-0.2, 0) is 37.9 Å². The Morgan fingerprint density at radius 3 is 2.63 bits per heavy atom. The smallest absolute Gasteiger partial charge is 0.352 e. The van der Waals surface area contributed by atoms with Crippen LogP contribution in [0.5, 0.6) is 5.75 Å². The van der Waals surface area contributed by atoms with Crippen LogP contribution in [0.25, 0.3) is 32.8 Å². The van der Waals surface area contributed by atoms with Crippen molar-refractivity contribution in [3.63, 3.8) is 0 Å². The minimum Gasteiger partial charge on any atom is -0.493 e. The van der Waals surface area contributed by atoms with Crippen LogP contribution < -0.4 is 4.74 Å². The normalized spacial score (nSPS) is 14.3. The van der Waals surface area contributed by atoms with E-state index in [9.17, 15) is 9.90 Å². The summed E-state index contributed by atoms with van der Waals surface area (Å²) in [7, 11) is 3.94. The standard InChI is InChI=1S/C35H34ClN5O3S2/c1-20-31-29-11-10-27(36)33(31)32-21(2)39(3)38-28(32)19-45-17-23-15-24(40(4)37-23)18-46-25-14-22-8-5-6-9-26(22)30(16-25)44-13-7-12-41(29)34(20)35(42)43/h5-6,8-11,14-16H,7,12-13,17-19H2,1-4H3,(H,42,43). The maximum Gasteiger partial charge on any atom is 0.352 e. The van der Waals surface area contributed by atoms with Crippen molar-refractivity contribution in [1.29, 1.82) is 0 Å². The Kier molecular flexibility index (Phi) is 8.29. The Balaban J connectivity index is 1.36. The lowest BCUT2D eigenvalue weighted by Gasteiger charge is -2.14. The summed E-state index contributed by atoms with van der Waals surface area (Å²) in [6.45, 7) is 4.84. The van der Waals surface area contributed by atoms with Gasteiger partial charge in [-0.15, -0.1) is 23.5 Å². The molecule has 6 aromatic rings. The van der Waals surface area contributed by atoms with Gasteiger partial charge >= 0.3 is 5.97 Å². The summed E-state index contributed by atoms with van der Waals surface area (Å²) in [6, 6.07) is 18.6. The van der Waals surface area contributed by atoms with Gasteiger partial charge in [0.2, 0.25) is 0 Å². The van der Waals surface area contributed by atoms with Gasteiger partial charge in [0.15, 0.2) is 0 Å². The fourth-order valence-electron chi connectivity index (χ4n) is 6.51. The van der Waals surface area contributed by atoms with Crippen LogP contribution in [0.4, 0.5) is 0 Å². The van der Waals surface area contributed by atoms with E-state index in [1.807, 2.05) is 66.1 Å². The van der Waals surface area contributed by atoms with Crippen LogP contribution in [-0.4, -0.2) is 41.8 Å². The van der Waals surface area contributed by atoms with E-state index in [0.717, 1.165) is 77.7 Å². The van der Waals surface area contributed by atoms with Gasteiger partial charge in [0.25, 0.3) is 0 Å². The van der Waals surface area contributed by atoms with Crippen LogP contribution in [0.3, 0.4) is 0 Å². The molecule has 8 bridgehead atoms. The van der Waals surface area contributed by atoms with Crippen molar-refractivity contribution in [2.45, 2.75) is 49.0 Å². The number of hydrogen-bond acceptors (Lipinski definition) is 6. The third-order valence-electron chi connectivity index (χ3n) is 8.77. The van der Waals surface area contributed by atoms with Gasteiger partial charge in [-0.05, 0) is 61.5 Å². The van der Waals surface area contributed by atoms with Gasteiger partial charge < -0.3 is 14.4 Å². The molecule has 0 spiro atoms. The molecule has 7 rings (SSSR count). The average Bonchev–Trinajstić information content (AvgIpc) is 3.63. The molecule has 1 aliphatic rings. The van der Waals surface area contributed by atoms with E-state index >= 15 is 0 Å². The fraction of sp³-hybridized carbons (Fsp3) is 0.286. The minimum atomic E-state index is -0.963. The zero-order valence-corrected chi connectivity index (χ0v) is 28.5. The summed E-state index contributed by atoms with van der Waals surface area (Å²) in [4.78, 5) is 13.8. The first-order valence-electron chi connectivity index (χ1n) is 15.2. The van der Waals surface area contributed by atoms with Crippen LogP contribution in [0.15, 0.2) is 59.5 Å². The summed E-state index contributed by atoms with van der Waals surface area (Å²) >= 11 is 10.5. The third kappa shape index (κ3) is 5.46. The summed E-state index contributed by atoms with van der Waals surface area (Å²) in [5.41, 5.74) is 7.67. The van der Waals surface area contributed by atoms with Crippen molar-refractivity contribution in [3.8, 4) is 16.9 Å². The maximum absolute atomic E-state index is 12.7. The van der Waals surface area contributed by atoms with Gasteiger partial charge in [0, 0.05) is 86.6 Å². The molecule has 0 saturated carbocycles. The van der Waals surface area contributed by atoms with Gasteiger partial charge in [-0.1, -0.05) is 35.9 Å². The third-order valence-corrected chi connectivity index (χ3v) is 11.1. The first-order valence-corrected chi connectivity index (χ1v) is 17.7. The van der Waals surface area contributed by atoms with Crippen molar-refractivity contribution in [2.75, 3.05) is 6.61 Å². The molecule has 8 nitrogen and oxygen atoms in total. The number of fused-ring (bicyclic) bond motifs is 8. The first kappa shape index (κ1) is 30.8. The number of benzene rings is 3. The van der Waals surface area contributed by atoms with Gasteiger partial charge in [-0.25, -0.2) is 4.79 Å². The summed E-state index contributed by atoms with van der Waals surface area (Å²) in [5, 5.41) is 23.7. The van der Waals surface area contributed by atoms with Crippen molar-refractivity contribution in [2.24, 2.45) is 14.1 Å². The number of carboxylic acids is 1. The number of hydrogen-bond donors (Lipinski definition) is 1. The second-order valence-corrected chi connectivity index (χ2v) is 14.1. The topological polar surface area (TPSA) is 87.1 Å². The molecule has 3 aromatic heterocycles. The highest BCUT2D eigenvalue weighted by molar-refractivity contribution is 7.98. The van der Waals surface area contributed by atoms with Crippen molar-refractivity contribution in [1.82, 2.24) is 24.1 Å². The number of carboxylic acid groups (broad SMARTS) is 1. The second kappa shape index (κ2) is 12.4. The highest BCUT2D eigenvalue weighted by atomic mass is 35.5. The van der Waals surface area contributed by atoms with Crippen LogP contribution in [0, 0.1) is 13.8 Å². The minimum absolute atomic E-state index is 0.271. The molecule has 4 heterocycles. The molecule has 0 atom stereocenters. The largest absolute Gasteiger partial charge is 0.493 e. The average molecular weight is 672 g/mol. The van der Waals surface area contributed by atoms with Crippen LogP contribution >= 0.6 is 35.1 Å². The second-order valence-electron chi connectivity index (χ2n) is 11.7. The van der Waals surface area contributed by atoms with Gasteiger partial charge in [-0.3, -0.25) is 9.36 Å². The van der Waals surface area contributed by atoms with E-state index < -0.39 is 5.97 Å². The molecule has 0 radical (unpaired) electrons. The predicted octanol–water partition coefficient (Wildman–Crippen LogP) is 8.41. The molecule has 46 heavy (non-hydrogen) atoms. The predicted molar refractivity (Wildman–Crippen MR) is 187 cm³/mol. The molecule has 0 aliphatic carbocycles. The van der Waals surface area contributed by atoms with E-state index in [1.165, 1.54) is 0 Å². The zero-order valence-electron chi connectivity index (χ0n) is 26.1. The molecule has 1 aliphatic heterocycles. The number of aromatic carboxylic acids is 1. The monoisotopic (exact) mass is 671 g/mol. The van der Waals surface area contributed by atoms with Crippen molar-refractivity contribution >= 4 is 62.8 Å². The number of thioether (sulfide) groups is 2. The Hall–Kier alpha value is -3.86. The number of aromatic nitrogens is 5. The quantitative estimate of drug-likeness (QED) is 0.188. The van der Waals surface area contributed by atoms with Gasteiger partial charge in [0.1, 0.15) is 11.4 Å². The number of nitrogens with zero attached hydrogens (tertiary/aromatic N) is 5. The Morgan fingerprint density at radius 2 is 1.80 bits per heavy atom. The number of rotatable bonds is 1. The van der Waals surface area contributed by atoms with Gasteiger partial charge in [-0.2, -0.15) is 10.2 Å². The van der Waals surface area contributed by atoms with E-state index in [0.29, 0.717) is 35.9 Å². The summed E-state index contributed by atoms with van der Waals surface area (Å²) in [6.07, 6.45) is 0.624. The lowest BCUT2D eigenvalue weighted by atomic mass is 9.97. The molecular formula is C35H34ClN5O3S2. The molecule has 0 amide bonds. The van der Waals surface area contributed by atoms with Gasteiger partial charge in [0.05, 0.1) is 18.0 Å². The number of carbonyl (C=O) groups is 1. The fourth-order valence-corrected chi connectivity index (χ4v) is 8.60. The lowest BCUT2D eigenvalue weighted by Crippen LogP contribution is -2.12. The molecule has 3 aromatic carbocycles. The number of halogens is 1. The summed E-state index contributed by atoms with van der Waals surface area (Å²) < 4.78 is 12.2. The zero-order chi connectivity index (χ0) is 32.1. The number of aryl methyl sites for hydroxylation is 4. The number of ether oxygens (including phenoxy) is 1. The Labute approximate surface area is 280 Å². The SMILES string of the molecule is Cc1c(C(=O)O)n2c3ccc(Cl)c(c13)-c1c(nn(C)c1C)CSCc1cc(n(C)n1)CSc1cc(c3ccccc3c1)OCCC2. The van der Waals surface area contributed by atoms with E-state index in [4.69, 9.17) is 26.5 Å². The van der Waals surface area contributed by atoms with Crippen LogP contribution in [0.2, 0.25) is 5.02 Å². The van der Waals surface area contributed by atoms with E-state index in [1.54, 1.807) is 23.5 Å². The van der Waals surface area contributed by atoms with Crippen LogP contribution in [0.1, 0.15) is 45.2 Å². The molecule has 1 N–H and O–H groups in total. The van der Waals surface area contributed by atoms with Crippen molar-refractivity contribution < 1.29 is 14.6 Å². The maximum atomic E-state index is 12.7. The Bertz CT molecular complexity index is 2150.